The van der Waals surface area contributed by atoms with Crippen molar-refractivity contribution in [1.82, 2.24) is 15.5 Å². The predicted octanol–water partition coefficient (Wildman–Crippen LogP) is 0.621. The summed E-state index contributed by atoms with van der Waals surface area (Å²) in [6.45, 7) is 1.26. The molecule has 3 rings (SSSR count). The van der Waals surface area contributed by atoms with E-state index in [1.54, 1.807) is 16.2 Å². The summed E-state index contributed by atoms with van der Waals surface area (Å²) in [6, 6.07) is 0.844. The molecule has 0 aliphatic carbocycles. The van der Waals surface area contributed by atoms with Gasteiger partial charge in [-0.15, -0.1) is 11.3 Å². The summed E-state index contributed by atoms with van der Waals surface area (Å²) in [5.74, 6) is -0.441. The van der Waals surface area contributed by atoms with Gasteiger partial charge in [-0.05, 0) is 29.9 Å². The molecule has 2 N–H and O–H groups in total. The maximum atomic E-state index is 12.5. The standard InChI is InChI=1S/C13H15N3O3S/c17-11-2-1-9(14-13(19)15-11)12(18)16-5-3-10-8(7-16)4-6-20-10/h4,6,9H,1-3,5,7H2,(H2,14,15,17,19). The Balaban J connectivity index is 1.70. The maximum absolute atomic E-state index is 12.5. The Morgan fingerprint density at radius 2 is 2.20 bits per heavy atom. The molecule has 6 nitrogen and oxygen atoms in total. The van der Waals surface area contributed by atoms with Crippen LogP contribution in [0.25, 0.3) is 0 Å². The lowest BCUT2D eigenvalue weighted by Gasteiger charge is -2.30. The number of nitrogens with one attached hydrogen (secondary N) is 2. The molecule has 4 amide bonds. The van der Waals surface area contributed by atoms with Gasteiger partial charge in [-0.2, -0.15) is 0 Å². The van der Waals surface area contributed by atoms with Gasteiger partial charge in [0, 0.05) is 24.4 Å². The SMILES string of the molecule is O=C1CCC(C(=O)N2CCc3sccc3C2)NC(=O)N1. The molecule has 0 saturated carbocycles. The Morgan fingerprint density at radius 1 is 1.35 bits per heavy atom. The number of rotatable bonds is 1. The molecule has 106 valence electrons. The summed E-state index contributed by atoms with van der Waals surface area (Å²) in [7, 11) is 0. The Morgan fingerprint density at radius 3 is 3.05 bits per heavy atom. The van der Waals surface area contributed by atoms with Gasteiger partial charge in [-0.3, -0.25) is 14.9 Å². The van der Waals surface area contributed by atoms with E-state index in [0.717, 1.165) is 6.42 Å². The Hall–Kier alpha value is -1.89. The molecule has 1 aromatic rings. The average Bonchev–Trinajstić information content (AvgIpc) is 2.82. The molecule has 1 aromatic heterocycles. The van der Waals surface area contributed by atoms with Crippen LogP contribution in [-0.4, -0.2) is 35.3 Å². The Kier molecular flexibility index (Phi) is 3.43. The van der Waals surface area contributed by atoms with E-state index < -0.39 is 12.1 Å². The van der Waals surface area contributed by atoms with Crippen LogP contribution in [0, 0.1) is 0 Å². The minimum Gasteiger partial charge on any atom is -0.336 e. The van der Waals surface area contributed by atoms with Crippen LogP contribution < -0.4 is 10.6 Å². The third kappa shape index (κ3) is 2.53. The van der Waals surface area contributed by atoms with E-state index in [-0.39, 0.29) is 18.2 Å². The van der Waals surface area contributed by atoms with Crippen molar-refractivity contribution in [2.24, 2.45) is 0 Å². The number of carbonyl (C=O) groups excluding carboxylic acids is 3. The minimum absolute atomic E-state index is 0.105. The van der Waals surface area contributed by atoms with Crippen LogP contribution in [0.5, 0.6) is 0 Å². The molecule has 0 radical (unpaired) electrons. The van der Waals surface area contributed by atoms with Crippen molar-refractivity contribution in [3.8, 4) is 0 Å². The summed E-state index contributed by atoms with van der Waals surface area (Å²) in [6.07, 6.45) is 1.40. The van der Waals surface area contributed by atoms with Crippen LogP contribution in [0.4, 0.5) is 4.79 Å². The number of carbonyl (C=O) groups is 3. The predicted molar refractivity (Wildman–Crippen MR) is 73.1 cm³/mol. The van der Waals surface area contributed by atoms with E-state index in [0.29, 0.717) is 19.5 Å². The quantitative estimate of drug-likeness (QED) is 0.797. The van der Waals surface area contributed by atoms with E-state index in [4.69, 9.17) is 0 Å². The summed E-state index contributed by atoms with van der Waals surface area (Å²) in [5, 5.41) is 6.78. The van der Waals surface area contributed by atoms with Crippen LogP contribution in [0.1, 0.15) is 23.3 Å². The average molecular weight is 293 g/mol. The molecule has 7 heteroatoms. The maximum Gasteiger partial charge on any atom is 0.322 e. The summed E-state index contributed by atoms with van der Waals surface area (Å²) in [4.78, 5) is 38.3. The smallest absolute Gasteiger partial charge is 0.322 e. The number of thiophene rings is 1. The largest absolute Gasteiger partial charge is 0.336 e. The molecule has 2 aliphatic heterocycles. The van der Waals surface area contributed by atoms with Gasteiger partial charge in [0.2, 0.25) is 11.8 Å². The molecule has 3 heterocycles. The van der Waals surface area contributed by atoms with E-state index in [1.165, 1.54) is 10.4 Å². The van der Waals surface area contributed by atoms with Crippen molar-refractivity contribution < 1.29 is 14.4 Å². The van der Waals surface area contributed by atoms with Crippen molar-refractivity contribution in [1.29, 1.82) is 0 Å². The van der Waals surface area contributed by atoms with Gasteiger partial charge in [0.15, 0.2) is 0 Å². The number of hydrogen-bond donors (Lipinski definition) is 2. The van der Waals surface area contributed by atoms with Crippen LogP contribution in [0.15, 0.2) is 11.4 Å². The third-order valence-corrected chi connectivity index (χ3v) is 4.66. The van der Waals surface area contributed by atoms with Crippen LogP contribution in [-0.2, 0) is 22.6 Å². The first-order valence-corrected chi connectivity index (χ1v) is 7.46. The number of hydrogen-bond acceptors (Lipinski definition) is 4. The number of urea groups is 1. The first kappa shape index (κ1) is 13.1. The van der Waals surface area contributed by atoms with Crippen molar-refractivity contribution in [3.05, 3.63) is 21.9 Å². The fraction of sp³-hybridized carbons (Fsp3) is 0.462. The van der Waals surface area contributed by atoms with Gasteiger partial charge in [0.05, 0.1) is 0 Å². The van der Waals surface area contributed by atoms with Crippen LogP contribution in [0.3, 0.4) is 0 Å². The lowest BCUT2D eigenvalue weighted by molar-refractivity contribution is -0.134. The minimum atomic E-state index is -0.610. The highest BCUT2D eigenvalue weighted by molar-refractivity contribution is 7.10. The number of fused-ring (bicyclic) bond motifs is 1. The molecular formula is C13H15N3O3S. The van der Waals surface area contributed by atoms with E-state index in [2.05, 4.69) is 10.6 Å². The van der Waals surface area contributed by atoms with Crippen molar-refractivity contribution in [2.45, 2.75) is 31.8 Å². The number of nitrogens with zero attached hydrogens (tertiary/aromatic N) is 1. The zero-order chi connectivity index (χ0) is 14.1. The summed E-state index contributed by atoms with van der Waals surface area (Å²) < 4.78 is 0. The monoisotopic (exact) mass is 293 g/mol. The Bertz CT molecular complexity index is 569. The van der Waals surface area contributed by atoms with Crippen molar-refractivity contribution in [2.75, 3.05) is 6.54 Å². The second kappa shape index (κ2) is 5.24. The van der Waals surface area contributed by atoms with Crippen molar-refractivity contribution >= 4 is 29.2 Å². The Labute approximate surface area is 120 Å². The van der Waals surface area contributed by atoms with Gasteiger partial charge >= 0.3 is 6.03 Å². The molecule has 2 aliphatic rings. The van der Waals surface area contributed by atoms with E-state index >= 15 is 0 Å². The molecular weight excluding hydrogens is 278 g/mol. The molecule has 1 saturated heterocycles. The summed E-state index contributed by atoms with van der Waals surface area (Å²) >= 11 is 1.72. The van der Waals surface area contributed by atoms with Gasteiger partial charge < -0.3 is 10.2 Å². The zero-order valence-electron chi connectivity index (χ0n) is 10.8. The molecule has 1 unspecified atom stereocenters. The highest BCUT2D eigenvalue weighted by Gasteiger charge is 2.31. The highest BCUT2D eigenvalue weighted by Crippen LogP contribution is 2.24. The molecule has 20 heavy (non-hydrogen) atoms. The zero-order valence-corrected chi connectivity index (χ0v) is 11.7. The van der Waals surface area contributed by atoms with Crippen LogP contribution >= 0.6 is 11.3 Å². The van der Waals surface area contributed by atoms with Gasteiger partial charge in [0.1, 0.15) is 6.04 Å². The molecule has 1 fully saturated rings. The number of amides is 4. The first-order chi connectivity index (χ1) is 9.63. The second-order valence-electron chi connectivity index (χ2n) is 4.99. The lowest BCUT2D eigenvalue weighted by atomic mass is 10.1. The summed E-state index contributed by atoms with van der Waals surface area (Å²) in [5.41, 5.74) is 1.18. The molecule has 1 atom stereocenters. The van der Waals surface area contributed by atoms with Crippen molar-refractivity contribution in [3.63, 3.8) is 0 Å². The molecule has 0 aromatic carbocycles. The van der Waals surface area contributed by atoms with Gasteiger partial charge in [-0.25, -0.2) is 4.79 Å². The van der Waals surface area contributed by atoms with Gasteiger partial charge in [-0.1, -0.05) is 0 Å². The topological polar surface area (TPSA) is 78.5 Å². The second-order valence-corrected chi connectivity index (χ2v) is 5.99. The number of imide groups is 1. The van der Waals surface area contributed by atoms with Gasteiger partial charge in [0.25, 0.3) is 0 Å². The highest BCUT2D eigenvalue weighted by atomic mass is 32.1. The normalized spacial score (nSPS) is 22.6. The fourth-order valence-corrected chi connectivity index (χ4v) is 3.46. The van der Waals surface area contributed by atoms with Crippen LogP contribution in [0.2, 0.25) is 0 Å². The van der Waals surface area contributed by atoms with E-state index in [9.17, 15) is 14.4 Å². The van der Waals surface area contributed by atoms with E-state index in [1.807, 2.05) is 11.4 Å². The first-order valence-electron chi connectivity index (χ1n) is 6.58. The fourth-order valence-electron chi connectivity index (χ4n) is 2.57. The molecule has 0 spiro atoms. The third-order valence-electron chi connectivity index (χ3n) is 3.64. The molecule has 0 bridgehead atoms. The lowest BCUT2D eigenvalue weighted by Crippen LogP contribution is -2.50.